The number of methoxy groups -OCH3 is 1. The van der Waals surface area contributed by atoms with Gasteiger partial charge in [0.05, 0.1) is 19.6 Å². The van der Waals surface area contributed by atoms with Gasteiger partial charge in [-0.25, -0.2) is 0 Å². The zero-order valence-electron chi connectivity index (χ0n) is 15.2. The Morgan fingerprint density at radius 2 is 1.79 bits per heavy atom. The largest absolute Gasteiger partial charge is 0.492 e. The van der Waals surface area contributed by atoms with Crippen LogP contribution in [0.15, 0.2) is 24.3 Å². The second-order valence-electron chi connectivity index (χ2n) is 7.42. The van der Waals surface area contributed by atoms with E-state index in [1.165, 1.54) is 0 Å². The molecule has 2 aromatic carbocycles. The molecule has 1 fully saturated rings. The summed E-state index contributed by atoms with van der Waals surface area (Å²) in [6.45, 7) is 0.792. The molecule has 1 aliphatic carbocycles. The van der Waals surface area contributed by atoms with Gasteiger partial charge in [-0.15, -0.1) is 0 Å². The number of carbonyl (C=O) groups is 1. The molecule has 7 nitrogen and oxygen atoms in total. The molecule has 0 N–H and O–H groups in total. The van der Waals surface area contributed by atoms with Crippen molar-refractivity contribution in [1.29, 1.82) is 0 Å². The van der Waals surface area contributed by atoms with Crippen LogP contribution in [-0.4, -0.2) is 33.3 Å². The molecular weight excluding hydrogens is 364 g/mol. The van der Waals surface area contributed by atoms with E-state index < -0.39 is 0 Å². The lowest BCUT2D eigenvalue weighted by Crippen LogP contribution is -2.31. The highest BCUT2D eigenvalue weighted by molar-refractivity contribution is 5.79. The van der Waals surface area contributed by atoms with Crippen molar-refractivity contribution in [3.63, 3.8) is 0 Å². The standard InChI is InChI=1S/C21H18O7/c1-23-19-13-4-11-7-24-21(22)18(11)17(12(13)6-16-20(19)28-9-27-16)10-2-3-14-15(5-10)26-8-25-14/h2-3,5-6,11,17-18H,4,7-9H2,1H3. The Kier molecular flexibility index (Phi) is 3.24. The summed E-state index contributed by atoms with van der Waals surface area (Å²) in [5, 5.41) is 0. The van der Waals surface area contributed by atoms with Crippen LogP contribution in [0, 0.1) is 11.8 Å². The minimum Gasteiger partial charge on any atom is -0.492 e. The van der Waals surface area contributed by atoms with Crippen molar-refractivity contribution in [3.8, 4) is 28.7 Å². The Morgan fingerprint density at radius 3 is 2.68 bits per heavy atom. The molecule has 0 radical (unpaired) electrons. The highest BCUT2D eigenvalue weighted by atomic mass is 16.7. The number of cyclic esters (lactones) is 1. The predicted octanol–water partition coefficient (Wildman–Crippen LogP) is 2.63. The fraction of sp³-hybridized carbons (Fsp3) is 0.381. The first-order valence-electron chi connectivity index (χ1n) is 9.30. The predicted molar refractivity (Wildman–Crippen MR) is 95.2 cm³/mol. The fourth-order valence-corrected chi connectivity index (χ4v) is 4.90. The highest BCUT2D eigenvalue weighted by Crippen LogP contribution is 2.55. The summed E-state index contributed by atoms with van der Waals surface area (Å²) in [4.78, 5) is 12.7. The van der Waals surface area contributed by atoms with Crippen molar-refractivity contribution < 1.29 is 33.2 Å². The Labute approximate surface area is 161 Å². The van der Waals surface area contributed by atoms with Crippen molar-refractivity contribution in [3.05, 3.63) is 41.0 Å². The molecule has 4 aliphatic rings. The van der Waals surface area contributed by atoms with Crippen molar-refractivity contribution >= 4 is 5.97 Å². The molecule has 3 unspecified atom stereocenters. The Bertz CT molecular complexity index is 999. The number of ether oxygens (including phenoxy) is 6. The van der Waals surface area contributed by atoms with Gasteiger partial charge in [0.2, 0.25) is 19.3 Å². The van der Waals surface area contributed by atoms with Gasteiger partial charge in [0.15, 0.2) is 23.0 Å². The molecule has 28 heavy (non-hydrogen) atoms. The molecule has 0 amide bonds. The molecule has 1 saturated heterocycles. The first-order valence-corrected chi connectivity index (χ1v) is 9.30. The summed E-state index contributed by atoms with van der Waals surface area (Å²) in [5.74, 6) is 2.88. The van der Waals surface area contributed by atoms with Gasteiger partial charge in [-0.2, -0.15) is 0 Å². The topological polar surface area (TPSA) is 72.5 Å². The summed E-state index contributed by atoms with van der Waals surface area (Å²) in [6.07, 6.45) is 0.701. The first-order chi connectivity index (χ1) is 13.7. The maximum absolute atomic E-state index is 12.7. The second kappa shape index (κ2) is 5.70. The van der Waals surface area contributed by atoms with Gasteiger partial charge < -0.3 is 28.4 Å². The molecule has 0 spiro atoms. The lowest BCUT2D eigenvalue weighted by Gasteiger charge is -2.34. The summed E-state index contributed by atoms with van der Waals surface area (Å²) in [7, 11) is 1.63. The van der Waals surface area contributed by atoms with Gasteiger partial charge in [-0.05, 0) is 35.7 Å². The summed E-state index contributed by atoms with van der Waals surface area (Å²) >= 11 is 0. The van der Waals surface area contributed by atoms with E-state index in [9.17, 15) is 4.79 Å². The van der Waals surface area contributed by atoms with Gasteiger partial charge in [-0.1, -0.05) is 6.07 Å². The summed E-state index contributed by atoms with van der Waals surface area (Å²) in [5.41, 5.74) is 3.05. The number of esters is 1. The number of hydrogen-bond donors (Lipinski definition) is 0. The third-order valence-corrected chi connectivity index (χ3v) is 6.10. The van der Waals surface area contributed by atoms with E-state index in [0.717, 1.165) is 16.7 Å². The molecule has 3 aliphatic heterocycles. The van der Waals surface area contributed by atoms with Crippen LogP contribution >= 0.6 is 0 Å². The highest BCUT2D eigenvalue weighted by Gasteiger charge is 2.49. The van der Waals surface area contributed by atoms with Gasteiger partial charge in [0, 0.05) is 17.4 Å². The van der Waals surface area contributed by atoms with Crippen molar-refractivity contribution in [2.75, 3.05) is 27.3 Å². The molecule has 6 rings (SSSR count). The first kappa shape index (κ1) is 15.9. The van der Waals surface area contributed by atoms with Crippen LogP contribution < -0.4 is 23.7 Å². The molecule has 0 aromatic heterocycles. The molecule has 2 aromatic rings. The molecule has 3 atom stereocenters. The quantitative estimate of drug-likeness (QED) is 0.740. The van der Waals surface area contributed by atoms with Crippen LogP contribution in [0.1, 0.15) is 22.6 Å². The molecule has 144 valence electrons. The summed E-state index contributed by atoms with van der Waals surface area (Å²) in [6, 6.07) is 7.83. The number of hydrogen-bond acceptors (Lipinski definition) is 7. The van der Waals surface area contributed by atoms with E-state index in [-0.39, 0.29) is 37.3 Å². The lowest BCUT2D eigenvalue weighted by atomic mass is 9.67. The minimum absolute atomic E-state index is 0.0877. The van der Waals surface area contributed by atoms with E-state index >= 15 is 0 Å². The maximum atomic E-state index is 12.7. The smallest absolute Gasteiger partial charge is 0.310 e. The average Bonchev–Trinajstić information content (AvgIpc) is 3.44. The van der Waals surface area contributed by atoms with Gasteiger partial charge in [-0.3, -0.25) is 4.79 Å². The normalized spacial score (nSPS) is 25.9. The molecule has 0 saturated carbocycles. The van der Waals surface area contributed by atoms with Crippen molar-refractivity contribution in [1.82, 2.24) is 0 Å². The Balaban J connectivity index is 1.58. The lowest BCUT2D eigenvalue weighted by molar-refractivity contribution is -0.141. The minimum atomic E-state index is -0.252. The van der Waals surface area contributed by atoms with Crippen LogP contribution in [0.2, 0.25) is 0 Å². The Morgan fingerprint density at radius 1 is 0.964 bits per heavy atom. The number of fused-ring (bicyclic) bond motifs is 4. The SMILES string of the molecule is COc1c2c(cc3c1OCO3)C(c1ccc3c(c1)OCO3)C1C(=O)OCC1C2. The third kappa shape index (κ3) is 2.07. The van der Waals surface area contributed by atoms with Crippen LogP contribution in [-0.2, 0) is 16.0 Å². The van der Waals surface area contributed by atoms with E-state index in [0.29, 0.717) is 41.8 Å². The average molecular weight is 382 g/mol. The fourth-order valence-electron chi connectivity index (χ4n) is 4.90. The van der Waals surface area contributed by atoms with Gasteiger partial charge >= 0.3 is 5.97 Å². The van der Waals surface area contributed by atoms with E-state index in [2.05, 4.69) is 0 Å². The van der Waals surface area contributed by atoms with Crippen LogP contribution in [0.25, 0.3) is 0 Å². The van der Waals surface area contributed by atoms with E-state index in [4.69, 9.17) is 28.4 Å². The zero-order chi connectivity index (χ0) is 18.8. The second-order valence-corrected chi connectivity index (χ2v) is 7.42. The van der Waals surface area contributed by atoms with Crippen molar-refractivity contribution in [2.45, 2.75) is 12.3 Å². The molecule has 7 heteroatoms. The molecule has 3 heterocycles. The van der Waals surface area contributed by atoms with Gasteiger partial charge in [0.1, 0.15) is 0 Å². The van der Waals surface area contributed by atoms with E-state index in [1.54, 1.807) is 7.11 Å². The Hall–Kier alpha value is -3.09. The van der Waals surface area contributed by atoms with Gasteiger partial charge in [0.25, 0.3) is 0 Å². The van der Waals surface area contributed by atoms with Crippen LogP contribution in [0.3, 0.4) is 0 Å². The van der Waals surface area contributed by atoms with Crippen LogP contribution in [0.5, 0.6) is 28.7 Å². The maximum Gasteiger partial charge on any atom is 0.310 e. The molecular formula is C21H18O7. The third-order valence-electron chi connectivity index (χ3n) is 6.10. The van der Waals surface area contributed by atoms with Crippen molar-refractivity contribution in [2.24, 2.45) is 11.8 Å². The molecule has 0 bridgehead atoms. The monoisotopic (exact) mass is 382 g/mol. The number of rotatable bonds is 2. The van der Waals surface area contributed by atoms with E-state index in [1.807, 2.05) is 24.3 Å². The van der Waals surface area contributed by atoms with Crippen LogP contribution in [0.4, 0.5) is 0 Å². The zero-order valence-corrected chi connectivity index (χ0v) is 15.2. The number of carbonyl (C=O) groups excluding carboxylic acids is 1. The number of benzene rings is 2. The summed E-state index contributed by atoms with van der Waals surface area (Å²) < 4.78 is 33.5.